The van der Waals surface area contributed by atoms with Crippen LogP contribution < -0.4 is 0 Å². The van der Waals surface area contributed by atoms with Crippen LogP contribution in [0, 0.1) is 5.92 Å². The normalized spacial score (nSPS) is 15.4. The highest BCUT2D eigenvalue weighted by Crippen LogP contribution is 2.34. The van der Waals surface area contributed by atoms with Crippen molar-refractivity contribution in [2.45, 2.75) is 79.1 Å². The van der Waals surface area contributed by atoms with E-state index in [1.807, 2.05) is 56.9 Å². The molecule has 0 spiro atoms. The molecule has 0 saturated heterocycles. The van der Waals surface area contributed by atoms with Gasteiger partial charge in [0.1, 0.15) is 11.6 Å². The zero-order chi connectivity index (χ0) is 28.3. The summed E-state index contributed by atoms with van der Waals surface area (Å²) in [6.07, 6.45) is 2.25. The molecule has 1 aliphatic rings. The number of esters is 1. The first-order chi connectivity index (χ1) is 18.5. The van der Waals surface area contributed by atoms with Crippen LogP contribution in [0.4, 0.5) is 0 Å². The molecular formula is C32H41N3O4. The van der Waals surface area contributed by atoms with Gasteiger partial charge in [-0.25, -0.2) is 4.79 Å². The van der Waals surface area contributed by atoms with E-state index in [0.29, 0.717) is 44.1 Å². The zero-order valence-corrected chi connectivity index (χ0v) is 24.1. The second kappa shape index (κ2) is 11.6. The molecule has 208 valence electrons. The van der Waals surface area contributed by atoms with E-state index < -0.39 is 11.6 Å². The molecule has 0 N–H and O–H groups in total. The van der Waals surface area contributed by atoms with E-state index in [0.717, 1.165) is 40.6 Å². The lowest BCUT2D eigenvalue weighted by Gasteiger charge is -2.36. The summed E-state index contributed by atoms with van der Waals surface area (Å²) < 4.78 is 7.73. The van der Waals surface area contributed by atoms with Crippen molar-refractivity contribution >= 4 is 29.2 Å². The van der Waals surface area contributed by atoms with Crippen molar-refractivity contribution in [1.82, 2.24) is 14.4 Å². The third kappa shape index (κ3) is 6.35. The zero-order valence-electron chi connectivity index (χ0n) is 24.1. The molecule has 2 aromatic carbocycles. The molecular weight excluding hydrogens is 490 g/mol. The van der Waals surface area contributed by atoms with Crippen molar-refractivity contribution in [2.75, 3.05) is 13.1 Å². The highest BCUT2D eigenvalue weighted by molar-refractivity contribution is 5.90. The Labute approximate surface area is 231 Å². The first kappa shape index (κ1) is 28.4. The van der Waals surface area contributed by atoms with E-state index in [9.17, 15) is 14.4 Å². The summed E-state index contributed by atoms with van der Waals surface area (Å²) in [7, 11) is 0. The second-order valence-corrected chi connectivity index (χ2v) is 11.8. The summed E-state index contributed by atoms with van der Waals surface area (Å²) in [6, 6.07) is 15.2. The molecule has 7 heteroatoms. The minimum Gasteiger partial charge on any atom is -0.456 e. The molecule has 39 heavy (non-hydrogen) atoms. The summed E-state index contributed by atoms with van der Waals surface area (Å²) in [5.41, 5.74) is 4.25. The molecule has 1 aliphatic heterocycles. The quantitative estimate of drug-likeness (QED) is 0.273. The van der Waals surface area contributed by atoms with Crippen molar-refractivity contribution in [1.29, 1.82) is 0 Å². The number of hydrogen-bond acceptors (Lipinski definition) is 4. The van der Waals surface area contributed by atoms with Gasteiger partial charge in [-0.2, -0.15) is 0 Å². The van der Waals surface area contributed by atoms with Gasteiger partial charge in [-0.15, -0.1) is 0 Å². The topological polar surface area (TPSA) is 71.9 Å². The van der Waals surface area contributed by atoms with Crippen LogP contribution in [0.25, 0.3) is 10.9 Å². The molecule has 4 rings (SSSR count). The number of carbonyl (C=O) groups is 3. The molecule has 2 heterocycles. The predicted octanol–water partition coefficient (Wildman–Crippen LogP) is 5.42. The average Bonchev–Trinajstić information content (AvgIpc) is 3.19. The van der Waals surface area contributed by atoms with E-state index >= 15 is 0 Å². The molecule has 0 radical (unpaired) electrons. The Kier molecular flexibility index (Phi) is 8.48. The second-order valence-electron chi connectivity index (χ2n) is 11.8. The SMILES string of the molecule is CCN(CCC(C)C)C(=O)C1Cc2c(n(Cc3ccc(C(=O)OC(C)(C)C)cc3)c3ccccc23)CN1C=O. The van der Waals surface area contributed by atoms with E-state index in [4.69, 9.17) is 4.74 Å². The first-order valence-electron chi connectivity index (χ1n) is 13.9. The highest BCUT2D eigenvalue weighted by Gasteiger charge is 2.36. The molecule has 1 atom stereocenters. The third-order valence-electron chi connectivity index (χ3n) is 7.34. The van der Waals surface area contributed by atoms with Crippen molar-refractivity contribution in [2.24, 2.45) is 5.92 Å². The number of benzene rings is 2. The van der Waals surface area contributed by atoms with Gasteiger partial charge >= 0.3 is 5.97 Å². The molecule has 0 aliphatic carbocycles. The Morgan fingerprint density at radius 1 is 1.10 bits per heavy atom. The Hall–Kier alpha value is -3.61. The number of likely N-dealkylation sites (N-methyl/N-ethyl adjacent to an activating group) is 1. The molecule has 0 saturated carbocycles. The lowest BCUT2D eigenvalue weighted by atomic mass is 9.95. The van der Waals surface area contributed by atoms with E-state index in [2.05, 4.69) is 30.5 Å². The standard InChI is InChI=1S/C32H41N3O4/c1-7-33(17-16-22(2)3)30(37)28-18-26-25-10-8-9-11-27(25)35(29(26)20-34(28)21-36)19-23-12-14-24(15-13-23)31(38)39-32(4,5)6/h8-15,21-22,28H,7,16-20H2,1-6H3. The Balaban J connectivity index is 1.64. The van der Waals surface area contributed by atoms with Gasteiger partial charge in [0.2, 0.25) is 12.3 Å². The number of amides is 2. The van der Waals surface area contributed by atoms with Crippen molar-refractivity contribution in [3.05, 3.63) is 70.9 Å². The fourth-order valence-corrected chi connectivity index (χ4v) is 5.27. The maximum atomic E-state index is 13.6. The Morgan fingerprint density at radius 3 is 2.41 bits per heavy atom. The highest BCUT2D eigenvalue weighted by atomic mass is 16.6. The van der Waals surface area contributed by atoms with E-state index in [-0.39, 0.29) is 11.9 Å². The minimum atomic E-state index is -0.550. The number of hydrogen-bond donors (Lipinski definition) is 0. The van der Waals surface area contributed by atoms with Crippen LogP contribution in [0.15, 0.2) is 48.5 Å². The van der Waals surface area contributed by atoms with Crippen LogP contribution in [0.2, 0.25) is 0 Å². The van der Waals surface area contributed by atoms with Gasteiger partial charge in [-0.05, 0) is 69.4 Å². The van der Waals surface area contributed by atoms with Crippen LogP contribution in [0.3, 0.4) is 0 Å². The summed E-state index contributed by atoms with van der Waals surface area (Å²) in [6.45, 7) is 14.2. The molecule has 1 unspecified atom stereocenters. The predicted molar refractivity (Wildman–Crippen MR) is 153 cm³/mol. The third-order valence-corrected chi connectivity index (χ3v) is 7.34. The largest absolute Gasteiger partial charge is 0.456 e. The molecule has 1 aromatic heterocycles. The average molecular weight is 532 g/mol. The fourth-order valence-electron chi connectivity index (χ4n) is 5.27. The van der Waals surface area contributed by atoms with E-state index in [1.54, 1.807) is 17.0 Å². The number of ether oxygens (including phenoxy) is 1. The molecule has 2 amide bonds. The minimum absolute atomic E-state index is 0.0189. The summed E-state index contributed by atoms with van der Waals surface area (Å²) in [5, 5.41) is 1.12. The molecule has 7 nitrogen and oxygen atoms in total. The molecule has 3 aromatic rings. The number of carbonyl (C=O) groups excluding carboxylic acids is 3. The number of para-hydroxylation sites is 1. The van der Waals surface area contributed by atoms with Crippen LogP contribution in [0.1, 0.15) is 75.1 Å². The first-order valence-corrected chi connectivity index (χ1v) is 13.9. The van der Waals surface area contributed by atoms with Gasteiger partial charge in [-0.3, -0.25) is 9.59 Å². The fraction of sp³-hybridized carbons (Fsp3) is 0.469. The van der Waals surface area contributed by atoms with Crippen LogP contribution >= 0.6 is 0 Å². The Morgan fingerprint density at radius 2 is 1.79 bits per heavy atom. The number of rotatable bonds is 9. The number of fused-ring (bicyclic) bond motifs is 3. The molecule has 0 fully saturated rings. The summed E-state index contributed by atoms with van der Waals surface area (Å²) >= 11 is 0. The maximum absolute atomic E-state index is 13.6. The van der Waals surface area contributed by atoms with Gasteiger partial charge in [0, 0.05) is 42.7 Å². The van der Waals surface area contributed by atoms with Crippen LogP contribution in [0.5, 0.6) is 0 Å². The van der Waals surface area contributed by atoms with Crippen LogP contribution in [-0.4, -0.2) is 57.4 Å². The molecule has 0 bridgehead atoms. The van der Waals surface area contributed by atoms with Crippen molar-refractivity contribution < 1.29 is 19.1 Å². The Bertz CT molecular complexity index is 1330. The lowest BCUT2D eigenvalue weighted by Crippen LogP contribution is -2.51. The van der Waals surface area contributed by atoms with E-state index in [1.165, 1.54) is 0 Å². The van der Waals surface area contributed by atoms with Gasteiger partial charge in [0.25, 0.3) is 0 Å². The lowest BCUT2D eigenvalue weighted by molar-refractivity contribution is -0.141. The van der Waals surface area contributed by atoms with Crippen LogP contribution in [-0.2, 0) is 33.8 Å². The van der Waals surface area contributed by atoms with Gasteiger partial charge < -0.3 is 19.1 Å². The van der Waals surface area contributed by atoms with Gasteiger partial charge in [-0.1, -0.05) is 44.2 Å². The van der Waals surface area contributed by atoms with Crippen molar-refractivity contribution in [3.8, 4) is 0 Å². The smallest absolute Gasteiger partial charge is 0.338 e. The number of nitrogens with zero attached hydrogens (tertiary/aromatic N) is 3. The van der Waals surface area contributed by atoms with Gasteiger partial charge in [0.05, 0.1) is 12.1 Å². The monoisotopic (exact) mass is 531 g/mol. The summed E-state index contributed by atoms with van der Waals surface area (Å²) in [4.78, 5) is 41.9. The van der Waals surface area contributed by atoms with Crippen molar-refractivity contribution in [3.63, 3.8) is 0 Å². The number of aromatic nitrogens is 1. The van der Waals surface area contributed by atoms with Gasteiger partial charge in [0.15, 0.2) is 0 Å². The maximum Gasteiger partial charge on any atom is 0.338 e. The summed E-state index contributed by atoms with van der Waals surface area (Å²) in [5.74, 6) is 0.179.